The molecule has 0 aliphatic carbocycles. The first-order valence-electron chi connectivity index (χ1n) is 8.63. The van der Waals surface area contributed by atoms with Crippen molar-refractivity contribution in [3.05, 3.63) is 36.0 Å². The number of aromatic amines is 1. The van der Waals surface area contributed by atoms with Crippen LogP contribution in [0.3, 0.4) is 0 Å². The third kappa shape index (κ3) is 3.17. The average molecular weight is 332 g/mol. The van der Waals surface area contributed by atoms with Gasteiger partial charge in [0, 0.05) is 23.8 Å². The van der Waals surface area contributed by atoms with Gasteiger partial charge >= 0.3 is 0 Å². The van der Waals surface area contributed by atoms with Crippen LogP contribution in [0.5, 0.6) is 0 Å². The quantitative estimate of drug-likeness (QED) is 0.939. The zero-order valence-corrected chi connectivity index (χ0v) is 14.2. The highest BCUT2D eigenvalue weighted by atomic mass is 32.2. The minimum atomic E-state index is -2.78. The summed E-state index contributed by atoms with van der Waals surface area (Å²) in [4.78, 5) is 6.09. The molecule has 1 aromatic carbocycles. The van der Waals surface area contributed by atoms with E-state index in [-0.39, 0.29) is 0 Å². The second-order valence-corrected chi connectivity index (χ2v) is 9.32. The van der Waals surface area contributed by atoms with Crippen LogP contribution in [-0.2, 0) is 9.84 Å². The maximum Gasteiger partial charge on any atom is 0.150 e. The number of nitrogens with zero attached hydrogens (tertiary/aromatic N) is 1. The van der Waals surface area contributed by atoms with Gasteiger partial charge in [0.05, 0.1) is 11.5 Å². The Balaban J connectivity index is 1.55. The van der Waals surface area contributed by atoms with E-state index in [1.54, 1.807) is 0 Å². The second kappa shape index (κ2) is 5.95. The summed E-state index contributed by atoms with van der Waals surface area (Å²) in [5.74, 6) is 1.07. The molecular formula is C18H24N2O2S. The van der Waals surface area contributed by atoms with Crippen molar-refractivity contribution in [2.75, 3.05) is 24.6 Å². The van der Waals surface area contributed by atoms with E-state index in [2.05, 4.69) is 40.2 Å². The van der Waals surface area contributed by atoms with Gasteiger partial charge in [0.25, 0.3) is 0 Å². The van der Waals surface area contributed by atoms with E-state index in [1.807, 2.05) is 0 Å². The molecule has 0 spiro atoms. The van der Waals surface area contributed by atoms with E-state index in [0.717, 1.165) is 25.9 Å². The van der Waals surface area contributed by atoms with E-state index in [1.165, 1.54) is 29.4 Å². The Morgan fingerprint density at radius 2 is 2.04 bits per heavy atom. The van der Waals surface area contributed by atoms with Crippen LogP contribution in [0.2, 0.25) is 0 Å². The molecule has 5 heteroatoms. The van der Waals surface area contributed by atoms with Gasteiger partial charge < -0.3 is 4.98 Å². The van der Waals surface area contributed by atoms with Crippen molar-refractivity contribution in [1.82, 2.24) is 9.88 Å². The zero-order valence-electron chi connectivity index (χ0n) is 13.4. The summed E-state index contributed by atoms with van der Waals surface area (Å²) < 4.78 is 23.5. The molecule has 2 fully saturated rings. The van der Waals surface area contributed by atoms with Crippen LogP contribution in [-0.4, -0.2) is 42.9 Å². The molecule has 2 saturated heterocycles. The Morgan fingerprint density at radius 3 is 2.83 bits per heavy atom. The van der Waals surface area contributed by atoms with Crippen LogP contribution in [0.4, 0.5) is 0 Å². The Bertz CT molecular complexity index is 763. The molecule has 3 heterocycles. The van der Waals surface area contributed by atoms with Crippen molar-refractivity contribution in [3.63, 3.8) is 0 Å². The largest absolute Gasteiger partial charge is 0.357 e. The molecule has 2 aromatic rings. The molecule has 1 aromatic heterocycles. The van der Waals surface area contributed by atoms with Gasteiger partial charge in [-0.2, -0.15) is 0 Å². The van der Waals surface area contributed by atoms with Crippen LogP contribution in [0.25, 0.3) is 10.9 Å². The molecule has 2 aliphatic heterocycles. The molecule has 0 radical (unpaired) electrons. The summed E-state index contributed by atoms with van der Waals surface area (Å²) in [6, 6.07) is 11.1. The first kappa shape index (κ1) is 15.2. The third-order valence-electron chi connectivity index (χ3n) is 5.34. The van der Waals surface area contributed by atoms with E-state index >= 15 is 0 Å². The van der Waals surface area contributed by atoms with Gasteiger partial charge in [-0.3, -0.25) is 4.90 Å². The summed E-state index contributed by atoms with van der Waals surface area (Å²) in [7, 11) is -2.78. The van der Waals surface area contributed by atoms with Crippen molar-refractivity contribution in [2.45, 2.75) is 31.7 Å². The number of H-pyrrole nitrogens is 1. The van der Waals surface area contributed by atoms with Gasteiger partial charge in [-0.1, -0.05) is 24.6 Å². The van der Waals surface area contributed by atoms with Crippen molar-refractivity contribution < 1.29 is 8.42 Å². The zero-order chi connectivity index (χ0) is 15.9. The lowest BCUT2D eigenvalue weighted by Gasteiger charge is -2.36. The lowest BCUT2D eigenvalue weighted by molar-refractivity contribution is 0.127. The van der Waals surface area contributed by atoms with E-state index in [9.17, 15) is 8.42 Å². The maximum absolute atomic E-state index is 11.7. The second-order valence-electron chi connectivity index (χ2n) is 7.09. The highest BCUT2D eigenvalue weighted by Gasteiger charge is 2.32. The van der Waals surface area contributed by atoms with E-state index in [4.69, 9.17) is 0 Å². The number of hydrogen-bond donors (Lipinski definition) is 1. The number of likely N-dealkylation sites (tertiary alicyclic amines) is 1. The third-order valence-corrected chi connectivity index (χ3v) is 7.18. The minimum absolute atomic E-state index is 0.310. The molecule has 0 saturated carbocycles. The molecular weight excluding hydrogens is 308 g/mol. The first-order chi connectivity index (χ1) is 11.1. The number of para-hydroxylation sites is 1. The molecule has 4 nitrogen and oxygen atoms in total. The summed E-state index contributed by atoms with van der Waals surface area (Å²) in [5, 5.41) is 1.26. The number of benzene rings is 1. The lowest BCUT2D eigenvalue weighted by atomic mass is 9.97. The van der Waals surface area contributed by atoms with Gasteiger partial charge in [-0.15, -0.1) is 0 Å². The minimum Gasteiger partial charge on any atom is -0.357 e. The number of nitrogens with one attached hydrogen (secondary N) is 1. The molecule has 0 unspecified atom stereocenters. The monoisotopic (exact) mass is 332 g/mol. The lowest BCUT2D eigenvalue weighted by Crippen LogP contribution is -2.37. The molecule has 0 bridgehead atoms. The predicted octanol–water partition coefficient (Wildman–Crippen LogP) is 3.13. The van der Waals surface area contributed by atoms with Crippen molar-refractivity contribution in [1.29, 1.82) is 0 Å². The molecule has 23 heavy (non-hydrogen) atoms. The molecule has 1 N–H and O–H groups in total. The number of aromatic nitrogens is 1. The fourth-order valence-corrected chi connectivity index (χ4v) is 6.03. The molecule has 2 aliphatic rings. The SMILES string of the molecule is O=S1(=O)CC[C@@H](CN2CCCC[C@H]2c2cc3ccccc3[nH]2)C1. The summed E-state index contributed by atoms with van der Waals surface area (Å²) in [5.41, 5.74) is 2.48. The fourth-order valence-electron chi connectivity index (χ4n) is 4.18. The summed E-state index contributed by atoms with van der Waals surface area (Å²) >= 11 is 0. The summed E-state index contributed by atoms with van der Waals surface area (Å²) in [6.07, 6.45) is 4.46. The van der Waals surface area contributed by atoms with Gasteiger partial charge in [-0.05, 0) is 49.2 Å². The Kier molecular flexibility index (Phi) is 3.93. The normalized spacial score (nSPS) is 28.3. The standard InChI is InChI=1S/C18H24N2O2S/c21-23(22)10-8-14(13-23)12-20-9-4-3-7-18(20)17-11-15-5-1-2-6-16(15)19-17/h1-2,5-6,11,14,18-19H,3-4,7-10,12-13H2/t14-,18-/m0/s1. The highest BCUT2D eigenvalue weighted by Crippen LogP contribution is 2.34. The molecule has 4 rings (SSSR count). The number of fused-ring (bicyclic) bond motifs is 1. The van der Waals surface area contributed by atoms with Gasteiger partial charge in [-0.25, -0.2) is 8.42 Å². The van der Waals surface area contributed by atoms with Gasteiger partial charge in [0.2, 0.25) is 0 Å². The topological polar surface area (TPSA) is 53.2 Å². The first-order valence-corrected chi connectivity index (χ1v) is 10.4. The van der Waals surface area contributed by atoms with Crippen LogP contribution in [0.15, 0.2) is 30.3 Å². The number of rotatable bonds is 3. The van der Waals surface area contributed by atoms with Crippen LogP contribution >= 0.6 is 0 Å². The maximum atomic E-state index is 11.7. The van der Waals surface area contributed by atoms with Crippen LogP contribution in [0, 0.1) is 5.92 Å². The van der Waals surface area contributed by atoms with Gasteiger partial charge in [0.1, 0.15) is 0 Å². The van der Waals surface area contributed by atoms with E-state index < -0.39 is 9.84 Å². The molecule has 124 valence electrons. The number of hydrogen-bond acceptors (Lipinski definition) is 3. The Labute approximate surface area is 137 Å². The number of piperidine rings is 1. The smallest absolute Gasteiger partial charge is 0.150 e. The van der Waals surface area contributed by atoms with Gasteiger partial charge in [0.15, 0.2) is 9.84 Å². The van der Waals surface area contributed by atoms with Crippen LogP contribution < -0.4 is 0 Å². The Morgan fingerprint density at radius 1 is 1.17 bits per heavy atom. The van der Waals surface area contributed by atoms with Crippen molar-refractivity contribution >= 4 is 20.7 Å². The molecule has 2 atom stereocenters. The molecule has 0 amide bonds. The van der Waals surface area contributed by atoms with E-state index in [0.29, 0.717) is 23.5 Å². The fraction of sp³-hybridized carbons (Fsp3) is 0.556. The van der Waals surface area contributed by atoms with Crippen LogP contribution in [0.1, 0.15) is 37.4 Å². The highest BCUT2D eigenvalue weighted by molar-refractivity contribution is 7.91. The predicted molar refractivity (Wildman–Crippen MR) is 93.2 cm³/mol. The summed E-state index contributed by atoms with van der Waals surface area (Å²) in [6.45, 7) is 2.00. The Hall–Kier alpha value is -1.33. The average Bonchev–Trinajstić information content (AvgIpc) is 3.10. The van der Waals surface area contributed by atoms with Crippen molar-refractivity contribution in [3.8, 4) is 0 Å². The van der Waals surface area contributed by atoms with Crippen molar-refractivity contribution in [2.24, 2.45) is 5.92 Å². The number of sulfone groups is 1.